The summed E-state index contributed by atoms with van der Waals surface area (Å²) in [5, 5.41) is 5.32. The first-order chi connectivity index (χ1) is 16.8. The summed E-state index contributed by atoms with van der Waals surface area (Å²) in [6.07, 6.45) is 2.17. The minimum absolute atomic E-state index is 0.485. The minimum atomic E-state index is -0.485. The van der Waals surface area contributed by atoms with E-state index in [2.05, 4.69) is 152 Å². The maximum absolute atomic E-state index is 5.09. The van der Waals surface area contributed by atoms with Crippen LogP contribution >= 0.6 is 20.7 Å². The van der Waals surface area contributed by atoms with Gasteiger partial charge in [0.25, 0.3) is 0 Å². The molecule has 6 aromatic rings. The minimum Gasteiger partial charge on any atom is -0.168 e. The summed E-state index contributed by atoms with van der Waals surface area (Å²) < 4.78 is 0. The second-order valence-corrected chi connectivity index (χ2v) is 13.9. The molecule has 0 atom stereocenters. The first-order valence-electron chi connectivity index (χ1n) is 10.9. The number of benzene rings is 4. The average Bonchev–Trinajstić information content (AvgIpc) is 3.56. The summed E-state index contributed by atoms with van der Waals surface area (Å²) in [5.41, 5.74) is 2.49. The van der Waals surface area contributed by atoms with Crippen LogP contribution in [-0.4, -0.2) is 0 Å². The van der Waals surface area contributed by atoms with Gasteiger partial charge in [-0.2, -0.15) is 35.0 Å². The summed E-state index contributed by atoms with van der Waals surface area (Å²) in [4.78, 5) is 0. The summed E-state index contributed by atoms with van der Waals surface area (Å²) in [7, 11) is 5.09. The molecule has 0 aliphatic heterocycles. The van der Waals surface area contributed by atoms with Crippen molar-refractivity contribution >= 4 is 42.3 Å². The van der Waals surface area contributed by atoms with Gasteiger partial charge in [0.1, 0.15) is 0 Å². The molecular weight excluding hydrogens is 579 g/mol. The molecule has 0 spiro atoms. The van der Waals surface area contributed by atoms with Crippen molar-refractivity contribution in [1.29, 1.82) is 0 Å². The number of rotatable bonds is 2. The fourth-order valence-corrected chi connectivity index (χ4v) is 3.43. The number of hydrogen-bond donors (Lipinski definition) is 0. The first-order valence-corrected chi connectivity index (χ1v) is 19.7. The second kappa shape index (κ2) is 15.5. The molecule has 170 valence electrons. The Morgan fingerprint density at radius 2 is 0.882 bits per heavy atom. The zero-order valence-electron chi connectivity index (χ0n) is 18.7. The third kappa shape index (κ3) is 9.11. The monoisotopic (exact) mass is 601 g/mol. The average molecular weight is 604 g/mol. The van der Waals surface area contributed by atoms with Crippen molar-refractivity contribution in [3.8, 4) is 0 Å². The zero-order valence-corrected chi connectivity index (χ0v) is 23.5. The van der Waals surface area contributed by atoms with Crippen molar-refractivity contribution < 1.29 is 19.7 Å². The van der Waals surface area contributed by atoms with Gasteiger partial charge in [-0.05, 0) is 0 Å². The molecule has 3 heteroatoms. The van der Waals surface area contributed by atoms with E-state index >= 15 is 0 Å². The van der Waals surface area contributed by atoms with Gasteiger partial charge in [-0.25, -0.2) is 0 Å². The van der Waals surface area contributed by atoms with Crippen LogP contribution in [0.2, 0.25) is 0 Å². The van der Waals surface area contributed by atoms with Crippen LogP contribution < -0.4 is 0 Å². The molecule has 0 nitrogen and oxygen atoms in total. The van der Waals surface area contributed by atoms with Crippen molar-refractivity contribution in [2.75, 3.05) is 0 Å². The Kier molecular flexibility index (Phi) is 12.0. The molecule has 0 fully saturated rings. The Labute approximate surface area is 223 Å². The molecule has 0 aromatic heterocycles. The van der Waals surface area contributed by atoms with Gasteiger partial charge in [-0.15, -0.1) is 101 Å². The number of halogens is 2. The largest absolute Gasteiger partial charge is 0.168 e. The standard InChI is InChI=1S/C13H11.2C9H7.BrH.ClH.Zr/c1-3-7-12(8-4-1)11-13-9-5-2-6-10-13;2*1-2-5-9-7-3-6-8(9)4-1;;;/h1-11H;2*1-7H;2*1H;/q3*-1;;;+2/p-2. The van der Waals surface area contributed by atoms with Crippen LogP contribution in [0.3, 0.4) is 0 Å². The Morgan fingerprint density at radius 3 is 1.26 bits per heavy atom. The summed E-state index contributed by atoms with van der Waals surface area (Å²) in [6.45, 7) is 0. The number of hydrogen-bond acceptors (Lipinski definition) is 0. The third-order valence-corrected chi connectivity index (χ3v) is 5.03. The molecular formula is C31H25BrClZr-3. The van der Waals surface area contributed by atoms with Gasteiger partial charge in [-0.1, -0.05) is 48.5 Å². The van der Waals surface area contributed by atoms with Crippen molar-refractivity contribution in [3.05, 3.63) is 163 Å². The molecule has 0 aliphatic rings. The second-order valence-electron chi connectivity index (χ2n) is 7.35. The SMILES string of the molecule is [Cl][Zr][Br].c1ccc([CH-]c2ccccc2)cc1.c1ccc2[cH-]ccc2c1.c1ccc2[cH-]ccc2c1. The molecule has 0 saturated carbocycles. The molecule has 0 radical (unpaired) electrons. The molecule has 0 aliphatic carbocycles. The molecule has 0 amide bonds. The Bertz CT molecular complexity index is 1160. The molecule has 0 saturated heterocycles. The van der Waals surface area contributed by atoms with Crippen LogP contribution in [0, 0.1) is 6.42 Å². The van der Waals surface area contributed by atoms with Gasteiger partial charge >= 0.3 is 40.4 Å². The van der Waals surface area contributed by atoms with Crippen LogP contribution in [0.5, 0.6) is 0 Å². The molecule has 0 heterocycles. The van der Waals surface area contributed by atoms with Gasteiger partial charge in [0.15, 0.2) is 0 Å². The third-order valence-electron chi connectivity index (χ3n) is 5.03. The zero-order chi connectivity index (χ0) is 23.8. The smallest absolute Gasteiger partial charge is 0.0771 e. The van der Waals surface area contributed by atoms with Crippen LogP contribution in [0.1, 0.15) is 11.1 Å². The molecule has 0 unspecified atom stereocenters. The van der Waals surface area contributed by atoms with E-state index in [1.807, 2.05) is 12.1 Å². The van der Waals surface area contributed by atoms with E-state index in [9.17, 15) is 0 Å². The van der Waals surface area contributed by atoms with Crippen LogP contribution in [0.15, 0.2) is 146 Å². The quantitative estimate of drug-likeness (QED) is 0.173. The molecule has 6 rings (SSSR count). The molecule has 34 heavy (non-hydrogen) atoms. The predicted octanol–water partition coefficient (Wildman–Crippen LogP) is 9.94. The van der Waals surface area contributed by atoms with Crippen LogP contribution in [0.4, 0.5) is 0 Å². The fraction of sp³-hybridized carbons (Fsp3) is 0. The summed E-state index contributed by atoms with van der Waals surface area (Å²) >= 11 is 2.60. The van der Waals surface area contributed by atoms with Gasteiger partial charge in [0.05, 0.1) is 0 Å². The molecule has 0 N–H and O–H groups in total. The van der Waals surface area contributed by atoms with Crippen LogP contribution in [-0.2, 0) is 19.7 Å². The number of fused-ring (bicyclic) bond motifs is 2. The maximum Gasteiger partial charge on any atom is -0.0771 e. The van der Waals surface area contributed by atoms with Crippen molar-refractivity contribution in [3.63, 3.8) is 0 Å². The van der Waals surface area contributed by atoms with Gasteiger partial charge < -0.3 is 0 Å². The van der Waals surface area contributed by atoms with E-state index in [0.717, 1.165) is 0 Å². The van der Waals surface area contributed by atoms with E-state index in [-0.39, 0.29) is 0 Å². The van der Waals surface area contributed by atoms with E-state index in [1.54, 1.807) is 0 Å². The topological polar surface area (TPSA) is 0 Å². The van der Waals surface area contributed by atoms with Gasteiger partial charge in [-0.3, -0.25) is 0 Å². The summed E-state index contributed by atoms with van der Waals surface area (Å²) in [5.74, 6) is 0. The van der Waals surface area contributed by atoms with Crippen molar-refractivity contribution in [2.45, 2.75) is 0 Å². The maximum atomic E-state index is 5.09. The van der Waals surface area contributed by atoms with Crippen molar-refractivity contribution in [2.24, 2.45) is 0 Å². The first kappa shape index (κ1) is 26.2. The predicted molar refractivity (Wildman–Crippen MR) is 149 cm³/mol. The van der Waals surface area contributed by atoms with Gasteiger partial charge in [0.2, 0.25) is 0 Å². The fourth-order valence-electron chi connectivity index (χ4n) is 3.43. The van der Waals surface area contributed by atoms with Gasteiger partial charge in [0, 0.05) is 0 Å². The Morgan fingerprint density at radius 1 is 0.529 bits per heavy atom. The van der Waals surface area contributed by atoms with Crippen molar-refractivity contribution in [1.82, 2.24) is 0 Å². The van der Waals surface area contributed by atoms with E-state index in [1.165, 1.54) is 32.7 Å². The Hall–Kier alpha value is -2.38. The van der Waals surface area contributed by atoms with E-state index in [0.29, 0.717) is 0 Å². The molecule has 6 aromatic carbocycles. The normalized spacial score (nSPS) is 9.47. The summed E-state index contributed by atoms with van der Waals surface area (Å²) in [6, 6.07) is 50.0. The van der Waals surface area contributed by atoms with E-state index in [4.69, 9.17) is 8.51 Å². The Balaban J connectivity index is 0.000000138. The van der Waals surface area contributed by atoms with Crippen LogP contribution in [0.25, 0.3) is 21.5 Å². The van der Waals surface area contributed by atoms with E-state index < -0.39 is 19.7 Å². The molecule has 0 bridgehead atoms.